The van der Waals surface area contributed by atoms with Gasteiger partial charge in [0.05, 0.1) is 0 Å². The molecular formula is C15H14BrN2O+. The molecule has 0 aliphatic heterocycles. The van der Waals surface area contributed by atoms with Crippen molar-refractivity contribution in [1.29, 1.82) is 0 Å². The first-order valence-electron chi connectivity index (χ1n) is 5.90. The fourth-order valence-corrected chi connectivity index (χ4v) is 1.80. The van der Waals surface area contributed by atoms with Gasteiger partial charge in [0.25, 0.3) is 0 Å². The minimum Gasteiger partial charge on any atom is -0.348 e. The smallest absolute Gasteiger partial charge is 0.244 e. The van der Waals surface area contributed by atoms with Crippen molar-refractivity contribution in [3.63, 3.8) is 0 Å². The summed E-state index contributed by atoms with van der Waals surface area (Å²) >= 11 is 3.37. The zero-order chi connectivity index (χ0) is 13.5. The second-order valence-electron chi connectivity index (χ2n) is 4.01. The lowest BCUT2D eigenvalue weighted by Gasteiger charge is -1.99. The molecule has 1 aromatic carbocycles. The highest BCUT2D eigenvalue weighted by molar-refractivity contribution is 9.10. The van der Waals surface area contributed by atoms with E-state index in [-0.39, 0.29) is 5.91 Å². The van der Waals surface area contributed by atoms with E-state index in [9.17, 15) is 4.79 Å². The molecule has 0 saturated heterocycles. The molecule has 1 amide bonds. The largest absolute Gasteiger partial charge is 0.348 e. The van der Waals surface area contributed by atoms with Gasteiger partial charge in [-0.15, -0.1) is 0 Å². The van der Waals surface area contributed by atoms with E-state index < -0.39 is 0 Å². The Morgan fingerprint density at radius 1 is 1.26 bits per heavy atom. The molecule has 0 radical (unpaired) electrons. The Labute approximate surface area is 120 Å². The van der Waals surface area contributed by atoms with Gasteiger partial charge in [-0.05, 0) is 29.8 Å². The molecule has 0 aliphatic rings. The van der Waals surface area contributed by atoms with Gasteiger partial charge in [0.1, 0.15) is 0 Å². The number of amides is 1. The van der Waals surface area contributed by atoms with Crippen molar-refractivity contribution in [2.45, 2.75) is 6.54 Å². The molecule has 0 spiro atoms. The molecule has 3 nitrogen and oxygen atoms in total. The molecule has 0 atom stereocenters. The molecule has 19 heavy (non-hydrogen) atoms. The molecule has 1 heterocycles. The zero-order valence-electron chi connectivity index (χ0n) is 10.3. The summed E-state index contributed by atoms with van der Waals surface area (Å²) < 4.78 is 1.02. The van der Waals surface area contributed by atoms with E-state index in [1.807, 2.05) is 48.8 Å². The van der Waals surface area contributed by atoms with Crippen molar-refractivity contribution in [1.82, 2.24) is 5.32 Å². The van der Waals surface area contributed by atoms with Gasteiger partial charge in [0, 0.05) is 28.7 Å². The lowest BCUT2D eigenvalue weighted by molar-refractivity contribution is -0.378. The average molecular weight is 318 g/mol. The number of halogens is 1. The van der Waals surface area contributed by atoms with E-state index >= 15 is 0 Å². The summed E-state index contributed by atoms with van der Waals surface area (Å²) in [6.45, 7) is 0.515. The fourth-order valence-electron chi connectivity index (χ4n) is 1.53. The molecule has 96 valence electrons. The van der Waals surface area contributed by atoms with Crippen LogP contribution < -0.4 is 10.3 Å². The number of H-pyrrole nitrogens is 1. The summed E-state index contributed by atoms with van der Waals surface area (Å²) in [6, 6.07) is 11.6. The predicted octanol–water partition coefficient (Wildman–Crippen LogP) is 2.59. The van der Waals surface area contributed by atoms with Crippen LogP contribution in [0.4, 0.5) is 0 Å². The predicted molar refractivity (Wildman–Crippen MR) is 78.0 cm³/mol. The SMILES string of the molecule is O=C(C=Cc1ccc(Br)cc1)NCc1ccc[nH+]c1. The summed E-state index contributed by atoms with van der Waals surface area (Å²) in [6.07, 6.45) is 7.02. The Balaban J connectivity index is 1.86. The van der Waals surface area contributed by atoms with Gasteiger partial charge < -0.3 is 5.32 Å². The van der Waals surface area contributed by atoms with Crippen molar-refractivity contribution in [2.24, 2.45) is 0 Å². The van der Waals surface area contributed by atoms with Crippen LogP contribution in [-0.4, -0.2) is 5.91 Å². The Morgan fingerprint density at radius 3 is 2.74 bits per heavy atom. The van der Waals surface area contributed by atoms with E-state index in [0.717, 1.165) is 15.6 Å². The standard InChI is InChI=1S/C15H13BrN2O/c16-14-6-3-12(4-7-14)5-8-15(19)18-11-13-2-1-9-17-10-13/h1-10H,11H2,(H,18,19)/p+1. The molecule has 0 bridgehead atoms. The van der Waals surface area contributed by atoms with Crippen molar-refractivity contribution < 1.29 is 9.78 Å². The van der Waals surface area contributed by atoms with Gasteiger partial charge >= 0.3 is 0 Å². The van der Waals surface area contributed by atoms with Crippen molar-refractivity contribution in [3.05, 3.63) is 70.5 Å². The third-order valence-electron chi connectivity index (χ3n) is 2.54. The van der Waals surface area contributed by atoms with Crippen molar-refractivity contribution in [2.75, 3.05) is 0 Å². The third kappa shape index (κ3) is 4.67. The minimum absolute atomic E-state index is 0.105. The molecule has 2 rings (SSSR count). The van der Waals surface area contributed by atoms with Crippen LogP contribution in [0.15, 0.2) is 59.3 Å². The number of benzene rings is 1. The monoisotopic (exact) mass is 317 g/mol. The number of pyridine rings is 1. The number of aromatic amines is 1. The first-order valence-corrected chi connectivity index (χ1v) is 6.70. The maximum Gasteiger partial charge on any atom is 0.244 e. The molecule has 4 heteroatoms. The highest BCUT2D eigenvalue weighted by Gasteiger charge is 1.98. The van der Waals surface area contributed by atoms with Crippen LogP contribution >= 0.6 is 15.9 Å². The second-order valence-corrected chi connectivity index (χ2v) is 4.93. The summed E-state index contributed by atoms with van der Waals surface area (Å²) in [5.41, 5.74) is 2.03. The van der Waals surface area contributed by atoms with Crippen LogP contribution in [0.25, 0.3) is 6.08 Å². The number of hydrogen-bond donors (Lipinski definition) is 1. The van der Waals surface area contributed by atoms with Gasteiger partial charge in [-0.2, -0.15) is 0 Å². The lowest BCUT2D eigenvalue weighted by atomic mass is 10.2. The number of carbonyl (C=O) groups is 1. The molecule has 1 aromatic heterocycles. The molecule has 0 aliphatic carbocycles. The van der Waals surface area contributed by atoms with Crippen molar-refractivity contribution >= 4 is 27.9 Å². The molecule has 0 fully saturated rings. The molecule has 2 N–H and O–H groups in total. The quantitative estimate of drug-likeness (QED) is 0.865. The Bertz CT molecular complexity index is 564. The Morgan fingerprint density at radius 2 is 2.05 bits per heavy atom. The lowest BCUT2D eigenvalue weighted by Crippen LogP contribution is -2.21. The van der Waals surface area contributed by atoms with Gasteiger partial charge in [-0.25, -0.2) is 4.98 Å². The number of aromatic nitrogens is 1. The highest BCUT2D eigenvalue weighted by atomic mass is 79.9. The van der Waals surface area contributed by atoms with Crippen LogP contribution in [0, 0.1) is 0 Å². The summed E-state index contributed by atoms with van der Waals surface area (Å²) in [4.78, 5) is 14.6. The maximum atomic E-state index is 11.6. The van der Waals surface area contributed by atoms with Crippen molar-refractivity contribution in [3.8, 4) is 0 Å². The number of hydrogen-bond acceptors (Lipinski definition) is 1. The Kier molecular flexibility index (Phi) is 4.86. The van der Waals surface area contributed by atoms with Crippen LogP contribution in [0.5, 0.6) is 0 Å². The summed E-state index contributed by atoms with van der Waals surface area (Å²) in [5.74, 6) is -0.105. The molecule has 0 unspecified atom stereocenters. The highest BCUT2D eigenvalue weighted by Crippen LogP contribution is 2.11. The number of nitrogens with one attached hydrogen (secondary N) is 2. The maximum absolute atomic E-state index is 11.6. The van der Waals surface area contributed by atoms with E-state index in [0.29, 0.717) is 6.54 Å². The van der Waals surface area contributed by atoms with Gasteiger partial charge in [-0.3, -0.25) is 4.79 Å². The van der Waals surface area contributed by atoms with E-state index in [1.54, 1.807) is 6.08 Å². The van der Waals surface area contributed by atoms with Gasteiger partial charge in [-0.1, -0.05) is 28.1 Å². The molecular weight excluding hydrogens is 304 g/mol. The van der Waals surface area contributed by atoms with Crippen LogP contribution in [0.1, 0.15) is 11.1 Å². The summed E-state index contributed by atoms with van der Waals surface area (Å²) in [7, 11) is 0. The molecule has 2 aromatic rings. The number of rotatable bonds is 4. The second kappa shape index (κ2) is 6.85. The fraction of sp³-hybridized carbons (Fsp3) is 0.0667. The van der Waals surface area contributed by atoms with E-state index in [1.165, 1.54) is 6.08 Å². The topological polar surface area (TPSA) is 43.2 Å². The number of carbonyl (C=O) groups excluding carboxylic acids is 1. The van der Waals surface area contributed by atoms with Crippen LogP contribution in [-0.2, 0) is 11.3 Å². The van der Waals surface area contributed by atoms with E-state index in [2.05, 4.69) is 26.2 Å². The minimum atomic E-state index is -0.105. The van der Waals surface area contributed by atoms with Gasteiger partial charge in [0.15, 0.2) is 12.4 Å². The normalized spacial score (nSPS) is 10.6. The van der Waals surface area contributed by atoms with Crippen LogP contribution in [0.2, 0.25) is 0 Å². The first kappa shape index (κ1) is 13.5. The van der Waals surface area contributed by atoms with Crippen LogP contribution in [0.3, 0.4) is 0 Å². The zero-order valence-corrected chi connectivity index (χ0v) is 11.9. The van der Waals surface area contributed by atoms with E-state index in [4.69, 9.17) is 0 Å². The van der Waals surface area contributed by atoms with Gasteiger partial charge in [0.2, 0.25) is 5.91 Å². The Hall–Kier alpha value is -1.94. The summed E-state index contributed by atoms with van der Waals surface area (Å²) in [5, 5.41) is 2.83. The average Bonchev–Trinajstić information content (AvgIpc) is 2.45. The third-order valence-corrected chi connectivity index (χ3v) is 3.06. The molecule has 0 saturated carbocycles. The first-order chi connectivity index (χ1) is 9.24.